The predicted molar refractivity (Wildman–Crippen MR) is 96.0 cm³/mol. The summed E-state index contributed by atoms with van der Waals surface area (Å²) in [6.07, 6.45) is -0.198. The molecule has 146 valence electrons. The predicted octanol–water partition coefficient (Wildman–Crippen LogP) is -4.97. The summed E-state index contributed by atoms with van der Waals surface area (Å²) in [5, 5.41) is 27.7. The first kappa shape index (κ1) is 29.8. The van der Waals surface area contributed by atoms with Crippen LogP contribution in [0.15, 0.2) is 18.2 Å². The van der Waals surface area contributed by atoms with Crippen molar-refractivity contribution < 1.29 is 79.0 Å². The second-order valence-corrected chi connectivity index (χ2v) is 6.84. The van der Waals surface area contributed by atoms with E-state index in [1.54, 1.807) is 12.1 Å². The van der Waals surface area contributed by atoms with Crippen LogP contribution in [0.5, 0.6) is 0 Å². The minimum atomic E-state index is -2.33. The number of carbonyl (C=O) groups is 1. The van der Waals surface area contributed by atoms with Gasteiger partial charge >= 0.3 is 59.1 Å². The Balaban J connectivity index is 0. The number of fused-ring (bicyclic) bond motifs is 1. The number of non-ortho nitro benzene ring substituents is 1. The summed E-state index contributed by atoms with van der Waals surface area (Å²) in [6.45, 7) is 11.8. The maximum absolute atomic E-state index is 11.0. The van der Waals surface area contributed by atoms with Gasteiger partial charge < -0.3 is 19.9 Å². The first-order valence-corrected chi connectivity index (χ1v) is 8.79. The summed E-state index contributed by atoms with van der Waals surface area (Å²) in [7, 11) is 0. The quantitative estimate of drug-likeness (QED) is 0.262. The molecule has 0 spiro atoms. The average Bonchev–Trinajstić information content (AvgIpc) is 2.53. The molecule has 1 aromatic rings. The third-order valence-corrected chi connectivity index (χ3v) is 4.45. The van der Waals surface area contributed by atoms with Crippen molar-refractivity contribution in [2.75, 3.05) is 24.5 Å². The van der Waals surface area contributed by atoms with E-state index >= 15 is 0 Å². The second-order valence-electron chi connectivity index (χ2n) is 6.84. The van der Waals surface area contributed by atoms with Gasteiger partial charge in [-0.3, -0.25) is 15.0 Å². The van der Waals surface area contributed by atoms with Gasteiger partial charge in [0.1, 0.15) is 0 Å². The van der Waals surface area contributed by atoms with Gasteiger partial charge in [-0.2, -0.15) is 0 Å². The fourth-order valence-corrected chi connectivity index (χ4v) is 3.33. The van der Waals surface area contributed by atoms with Gasteiger partial charge in [-0.25, -0.2) is 0 Å². The van der Waals surface area contributed by atoms with Gasteiger partial charge in [0.25, 0.3) is 5.69 Å². The molecule has 0 amide bonds. The molecular weight excluding hydrogens is 384 g/mol. The molecule has 0 aromatic heterocycles. The number of carboxylic acid groups (broad SMARTS) is 2. The van der Waals surface area contributed by atoms with Crippen molar-refractivity contribution in [3.63, 3.8) is 0 Å². The van der Waals surface area contributed by atoms with Crippen molar-refractivity contribution in [1.29, 1.82) is 0 Å². The number of nitro groups is 1. The third-order valence-electron chi connectivity index (χ3n) is 4.45. The Morgan fingerprint density at radius 3 is 2.18 bits per heavy atom. The molecule has 0 radical (unpaired) electrons. The molecule has 2 rings (SSSR count). The minimum Gasteiger partial charge on any atom is -0.652 e. The Bertz CT molecular complexity index is 617. The van der Waals surface area contributed by atoms with E-state index in [1.807, 2.05) is 6.07 Å². The first-order chi connectivity index (χ1) is 12.1. The third kappa shape index (κ3) is 9.91. The van der Waals surface area contributed by atoms with Crippen molar-refractivity contribution in [2.45, 2.75) is 52.6 Å². The van der Waals surface area contributed by atoms with Crippen LogP contribution in [0.3, 0.4) is 0 Å². The van der Waals surface area contributed by atoms with E-state index < -0.39 is 6.16 Å². The molecule has 0 fully saturated rings. The Kier molecular flexibility index (Phi) is 15.6. The van der Waals surface area contributed by atoms with Crippen LogP contribution in [0.2, 0.25) is 0 Å². The van der Waals surface area contributed by atoms with Crippen molar-refractivity contribution in [1.82, 2.24) is 4.90 Å². The fourth-order valence-electron chi connectivity index (χ4n) is 3.33. The molecule has 1 aromatic carbocycles. The maximum Gasteiger partial charge on any atom is 1.00 e. The standard InChI is InChI=1S/C17H27N3O2.CH2O3.2Na/c1-13(2)19(14(3)4)11-10-18-9-5-6-15-7-8-16(20(21)22)12-17(15)18;2-1(3)4;;/h7-8,12-14H,5-6,9-11H2,1-4H3;(H2,2,3,4);;/q;;2*+1/p-2. The normalized spacial score (nSPS) is 12.5. The molecule has 0 saturated heterocycles. The van der Waals surface area contributed by atoms with Crippen LogP contribution in [0.1, 0.15) is 39.7 Å². The van der Waals surface area contributed by atoms with Gasteiger partial charge in [0.05, 0.1) is 4.92 Å². The van der Waals surface area contributed by atoms with Gasteiger partial charge in [-0.15, -0.1) is 0 Å². The number of nitro benzene ring substituents is 1. The van der Waals surface area contributed by atoms with Crippen LogP contribution < -0.4 is 74.2 Å². The van der Waals surface area contributed by atoms with Crippen molar-refractivity contribution in [2.24, 2.45) is 0 Å². The number of anilines is 1. The van der Waals surface area contributed by atoms with Crippen LogP contribution in [0.4, 0.5) is 16.2 Å². The van der Waals surface area contributed by atoms with E-state index in [0.29, 0.717) is 12.1 Å². The number of aryl methyl sites for hydroxylation is 1. The number of carbonyl (C=O) groups excluding carboxylic acids is 1. The number of nitrogens with zero attached hydrogens (tertiary/aromatic N) is 3. The fraction of sp³-hybridized carbons (Fsp3) is 0.611. The summed E-state index contributed by atoms with van der Waals surface area (Å²) in [6, 6.07) is 6.30. The summed E-state index contributed by atoms with van der Waals surface area (Å²) in [5.41, 5.74) is 2.47. The van der Waals surface area contributed by atoms with E-state index in [2.05, 4.69) is 37.5 Å². The van der Waals surface area contributed by atoms with E-state index in [4.69, 9.17) is 15.0 Å². The molecule has 0 aliphatic carbocycles. The molecular formula is C18H27N3Na2O5. The molecule has 0 saturated carbocycles. The zero-order chi connectivity index (χ0) is 19.9. The largest absolute Gasteiger partial charge is 1.00 e. The SMILES string of the molecule is CC(C)N(CCN1CCCc2ccc([N+](=O)[O-])cc21)C(C)C.O=C([O-])[O-].[Na+].[Na+]. The first-order valence-electron chi connectivity index (χ1n) is 8.79. The summed E-state index contributed by atoms with van der Waals surface area (Å²) >= 11 is 0. The van der Waals surface area contributed by atoms with Gasteiger partial charge in [-0.05, 0) is 52.3 Å². The number of rotatable bonds is 6. The Morgan fingerprint density at radius 1 is 1.18 bits per heavy atom. The van der Waals surface area contributed by atoms with Crippen molar-refractivity contribution in [3.8, 4) is 0 Å². The molecule has 1 aliphatic rings. The van der Waals surface area contributed by atoms with Gasteiger partial charge in [-0.1, -0.05) is 6.07 Å². The maximum atomic E-state index is 11.0. The van der Waals surface area contributed by atoms with Crippen LogP contribution in [0.25, 0.3) is 0 Å². The molecule has 0 bridgehead atoms. The molecule has 8 nitrogen and oxygen atoms in total. The van der Waals surface area contributed by atoms with Gasteiger partial charge in [0.15, 0.2) is 0 Å². The molecule has 28 heavy (non-hydrogen) atoms. The second kappa shape index (κ2) is 14.6. The van der Waals surface area contributed by atoms with Crippen molar-refractivity contribution >= 4 is 17.5 Å². The summed E-state index contributed by atoms with van der Waals surface area (Å²) in [4.78, 5) is 23.8. The zero-order valence-corrected chi connectivity index (χ0v) is 21.8. The van der Waals surface area contributed by atoms with Gasteiger partial charge in [0, 0.05) is 49.5 Å². The number of hydrogen-bond acceptors (Lipinski definition) is 7. The number of hydrogen-bond donors (Lipinski definition) is 0. The smallest absolute Gasteiger partial charge is 0.652 e. The molecule has 10 heteroatoms. The zero-order valence-electron chi connectivity index (χ0n) is 17.8. The van der Waals surface area contributed by atoms with E-state index in [0.717, 1.165) is 38.2 Å². The summed E-state index contributed by atoms with van der Waals surface area (Å²) in [5.74, 6) is 0. The molecule has 1 aliphatic heterocycles. The van der Waals surface area contributed by atoms with Crippen LogP contribution >= 0.6 is 0 Å². The topological polar surface area (TPSA) is 113 Å². The average molecular weight is 411 g/mol. The van der Waals surface area contributed by atoms with Crippen molar-refractivity contribution in [3.05, 3.63) is 33.9 Å². The molecule has 0 atom stereocenters. The minimum absolute atomic E-state index is 0. The van der Waals surface area contributed by atoms with Crippen LogP contribution in [-0.2, 0) is 6.42 Å². The Hall–Kier alpha value is -0.350. The monoisotopic (exact) mass is 411 g/mol. The number of benzene rings is 1. The van der Waals surface area contributed by atoms with E-state index in [1.165, 1.54) is 5.56 Å². The molecule has 0 unspecified atom stereocenters. The van der Waals surface area contributed by atoms with E-state index in [9.17, 15) is 10.1 Å². The molecule has 0 N–H and O–H groups in total. The van der Waals surface area contributed by atoms with E-state index in [-0.39, 0.29) is 69.7 Å². The van der Waals surface area contributed by atoms with Gasteiger partial charge in [0.2, 0.25) is 0 Å². The van der Waals surface area contributed by atoms with Crippen LogP contribution in [0, 0.1) is 10.1 Å². The van der Waals surface area contributed by atoms with Crippen LogP contribution in [-0.4, -0.2) is 47.7 Å². The Morgan fingerprint density at radius 2 is 1.71 bits per heavy atom. The summed E-state index contributed by atoms with van der Waals surface area (Å²) < 4.78 is 0. The molecule has 1 heterocycles. The Labute approximate surface area is 211 Å².